The van der Waals surface area contributed by atoms with Gasteiger partial charge in [0.2, 0.25) is 0 Å². The molecular formula is C15H24N2O. The summed E-state index contributed by atoms with van der Waals surface area (Å²) in [5.41, 5.74) is 2.66. The maximum absolute atomic E-state index is 5.94. The minimum atomic E-state index is 0.242. The summed E-state index contributed by atoms with van der Waals surface area (Å²) >= 11 is 0. The van der Waals surface area contributed by atoms with E-state index in [2.05, 4.69) is 55.4 Å². The van der Waals surface area contributed by atoms with Gasteiger partial charge < -0.3 is 10.1 Å². The molecule has 2 atom stereocenters. The molecule has 1 saturated heterocycles. The molecule has 18 heavy (non-hydrogen) atoms. The van der Waals surface area contributed by atoms with E-state index in [1.807, 2.05) is 0 Å². The molecule has 2 rings (SSSR count). The summed E-state index contributed by atoms with van der Waals surface area (Å²) in [6, 6.07) is 9.18. The van der Waals surface area contributed by atoms with E-state index in [1.54, 1.807) is 0 Å². The van der Waals surface area contributed by atoms with E-state index in [4.69, 9.17) is 4.74 Å². The van der Waals surface area contributed by atoms with Gasteiger partial charge in [-0.1, -0.05) is 36.8 Å². The van der Waals surface area contributed by atoms with Crippen molar-refractivity contribution >= 4 is 0 Å². The van der Waals surface area contributed by atoms with E-state index in [0.717, 1.165) is 26.2 Å². The average Bonchev–Trinajstić information content (AvgIpc) is 2.38. The molecule has 3 heteroatoms. The Kier molecular flexibility index (Phi) is 4.75. The van der Waals surface area contributed by atoms with E-state index in [-0.39, 0.29) is 6.10 Å². The lowest BCUT2D eigenvalue weighted by molar-refractivity contribution is -0.0611. The zero-order valence-electron chi connectivity index (χ0n) is 11.6. The standard InChI is InChI=1S/C15H24N2O/c1-4-16-11-14-15(17(3)9-10-18-14)13-7-5-12(2)6-8-13/h5-8,14-16H,4,9-11H2,1-3H3. The topological polar surface area (TPSA) is 24.5 Å². The van der Waals surface area contributed by atoms with Gasteiger partial charge >= 0.3 is 0 Å². The van der Waals surface area contributed by atoms with E-state index in [0.29, 0.717) is 6.04 Å². The molecule has 1 fully saturated rings. The van der Waals surface area contributed by atoms with Gasteiger partial charge in [0.1, 0.15) is 0 Å². The summed E-state index contributed by atoms with van der Waals surface area (Å²) in [7, 11) is 2.19. The second-order valence-corrected chi connectivity index (χ2v) is 5.05. The summed E-state index contributed by atoms with van der Waals surface area (Å²) in [4.78, 5) is 2.40. The number of likely N-dealkylation sites (N-methyl/N-ethyl adjacent to an activating group) is 2. The molecule has 1 aliphatic rings. The van der Waals surface area contributed by atoms with Gasteiger partial charge in [0.05, 0.1) is 18.8 Å². The van der Waals surface area contributed by atoms with Crippen molar-refractivity contribution < 1.29 is 4.74 Å². The monoisotopic (exact) mass is 248 g/mol. The summed E-state index contributed by atoms with van der Waals surface area (Å²) in [5, 5.41) is 3.40. The maximum atomic E-state index is 5.94. The Hall–Kier alpha value is -0.900. The Morgan fingerprint density at radius 2 is 2.06 bits per heavy atom. The molecule has 0 saturated carbocycles. The third kappa shape index (κ3) is 3.10. The number of nitrogens with one attached hydrogen (secondary N) is 1. The van der Waals surface area contributed by atoms with Crippen LogP contribution in [0.4, 0.5) is 0 Å². The Labute approximate surface area is 110 Å². The molecule has 2 unspecified atom stereocenters. The van der Waals surface area contributed by atoms with Crippen LogP contribution in [0.25, 0.3) is 0 Å². The van der Waals surface area contributed by atoms with Crippen LogP contribution in [-0.4, -0.2) is 44.3 Å². The highest BCUT2D eigenvalue weighted by molar-refractivity contribution is 5.25. The molecule has 0 amide bonds. The normalized spacial score (nSPS) is 25.3. The zero-order valence-corrected chi connectivity index (χ0v) is 11.6. The van der Waals surface area contributed by atoms with E-state index >= 15 is 0 Å². The third-order valence-electron chi connectivity index (χ3n) is 3.62. The van der Waals surface area contributed by atoms with E-state index in [1.165, 1.54) is 11.1 Å². The molecule has 0 aliphatic carbocycles. The predicted octanol–water partition coefficient (Wildman–Crippen LogP) is 1.98. The number of hydrogen-bond acceptors (Lipinski definition) is 3. The van der Waals surface area contributed by atoms with Crippen LogP contribution >= 0.6 is 0 Å². The molecule has 3 nitrogen and oxygen atoms in total. The van der Waals surface area contributed by atoms with Gasteiger partial charge in [-0.2, -0.15) is 0 Å². The molecule has 1 aromatic carbocycles. The van der Waals surface area contributed by atoms with Gasteiger partial charge in [-0.25, -0.2) is 0 Å². The van der Waals surface area contributed by atoms with E-state index < -0.39 is 0 Å². The van der Waals surface area contributed by atoms with Crippen molar-refractivity contribution in [2.24, 2.45) is 0 Å². The number of nitrogens with zero attached hydrogens (tertiary/aromatic N) is 1. The molecule has 1 aliphatic heterocycles. The number of rotatable bonds is 4. The van der Waals surface area contributed by atoms with Gasteiger partial charge in [0.25, 0.3) is 0 Å². The molecule has 0 bridgehead atoms. The lowest BCUT2D eigenvalue weighted by atomic mass is 9.97. The second-order valence-electron chi connectivity index (χ2n) is 5.05. The van der Waals surface area contributed by atoms with Gasteiger partial charge in [-0.15, -0.1) is 0 Å². The average molecular weight is 248 g/mol. The third-order valence-corrected chi connectivity index (χ3v) is 3.62. The highest BCUT2D eigenvalue weighted by atomic mass is 16.5. The van der Waals surface area contributed by atoms with E-state index in [9.17, 15) is 0 Å². The summed E-state index contributed by atoms with van der Waals surface area (Å²) in [5.74, 6) is 0. The summed E-state index contributed by atoms with van der Waals surface area (Å²) in [6.07, 6.45) is 0.242. The lowest BCUT2D eigenvalue weighted by Crippen LogP contribution is -2.47. The van der Waals surface area contributed by atoms with Crippen LogP contribution in [0.3, 0.4) is 0 Å². The first-order valence-corrected chi connectivity index (χ1v) is 6.81. The van der Waals surface area contributed by atoms with Crippen molar-refractivity contribution in [2.75, 3.05) is 33.3 Å². The quantitative estimate of drug-likeness (QED) is 0.882. The highest BCUT2D eigenvalue weighted by Crippen LogP contribution is 2.28. The van der Waals surface area contributed by atoms with Crippen LogP contribution in [0.15, 0.2) is 24.3 Å². The minimum absolute atomic E-state index is 0.242. The van der Waals surface area contributed by atoms with Gasteiger partial charge in [-0.3, -0.25) is 4.90 Å². The molecule has 0 spiro atoms. The molecule has 0 radical (unpaired) electrons. The first-order chi connectivity index (χ1) is 8.72. The highest BCUT2D eigenvalue weighted by Gasteiger charge is 2.30. The predicted molar refractivity (Wildman–Crippen MR) is 74.8 cm³/mol. The summed E-state index contributed by atoms with van der Waals surface area (Å²) < 4.78 is 5.94. The number of ether oxygens (including phenoxy) is 1. The zero-order chi connectivity index (χ0) is 13.0. The van der Waals surface area contributed by atoms with Crippen molar-refractivity contribution in [3.63, 3.8) is 0 Å². The largest absolute Gasteiger partial charge is 0.374 e. The van der Waals surface area contributed by atoms with Crippen LogP contribution in [0.1, 0.15) is 24.1 Å². The SMILES string of the molecule is CCNCC1OCCN(C)C1c1ccc(C)cc1. The van der Waals surface area contributed by atoms with Crippen LogP contribution in [-0.2, 0) is 4.74 Å². The Morgan fingerprint density at radius 1 is 1.33 bits per heavy atom. The molecule has 1 aromatic rings. The van der Waals surface area contributed by atoms with Crippen LogP contribution in [0.2, 0.25) is 0 Å². The van der Waals surface area contributed by atoms with Crippen LogP contribution in [0, 0.1) is 6.92 Å². The Morgan fingerprint density at radius 3 is 2.72 bits per heavy atom. The first kappa shape index (κ1) is 13.5. The second kappa shape index (κ2) is 6.32. The first-order valence-electron chi connectivity index (χ1n) is 6.81. The van der Waals surface area contributed by atoms with Gasteiger partial charge in [-0.05, 0) is 26.1 Å². The van der Waals surface area contributed by atoms with Crippen molar-refractivity contribution in [3.05, 3.63) is 35.4 Å². The molecular weight excluding hydrogens is 224 g/mol. The fraction of sp³-hybridized carbons (Fsp3) is 0.600. The molecule has 100 valence electrons. The lowest BCUT2D eigenvalue weighted by Gasteiger charge is -2.39. The number of hydrogen-bond donors (Lipinski definition) is 1. The number of morpholine rings is 1. The van der Waals surface area contributed by atoms with Crippen molar-refractivity contribution in [1.29, 1.82) is 0 Å². The van der Waals surface area contributed by atoms with Gasteiger partial charge in [0, 0.05) is 13.1 Å². The maximum Gasteiger partial charge on any atom is 0.0896 e. The van der Waals surface area contributed by atoms with Crippen LogP contribution in [0.5, 0.6) is 0 Å². The fourth-order valence-electron chi connectivity index (χ4n) is 2.55. The fourth-order valence-corrected chi connectivity index (χ4v) is 2.55. The molecule has 1 N–H and O–H groups in total. The number of benzene rings is 1. The van der Waals surface area contributed by atoms with Gasteiger partial charge in [0.15, 0.2) is 0 Å². The molecule has 1 heterocycles. The van der Waals surface area contributed by atoms with Crippen molar-refractivity contribution in [2.45, 2.75) is 26.0 Å². The van der Waals surface area contributed by atoms with Crippen molar-refractivity contribution in [3.8, 4) is 0 Å². The van der Waals surface area contributed by atoms with Crippen LogP contribution < -0.4 is 5.32 Å². The smallest absolute Gasteiger partial charge is 0.0896 e. The van der Waals surface area contributed by atoms with Crippen molar-refractivity contribution in [1.82, 2.24) is 10.2 Å². The summed E-state index contributed by atoms with van der Waals surface area (Å²) in [6.45, 7) is 7.99. The molecule has 0 aromatic heterocycles. The minimum Gasteiger partial charge on any atom is -0.374 e. The number of aryl methyl sites for hydroxylation is 1. The Balaban J connectivity index is 2.15. The Bertz CT molecular complexity index is 363.